The lowest BCUT2D eigenvalue weighted by Crippen LogP contribution is -2.23. The molecule has 7 heteroatoms. The molecule has 2 N–H and O–H groups in total. The topological polar surface area (TPSA) is 86.3 Å². The van der Waals surface area contributed by atoms with Crippen LogP contribution >= 0.6 is 0 Å². The molecule has 0 saturated heterocycles. The van der Waals surface area contributed by atoms with Crippen molar-refractivity contribution in [3.63, 3.8) is 0 Å². The van der Waals surface area contributed by atoms with Gasteiger partial charge in [0.25, 0.3) is 5.91 Å². The highest BCUT2D eigenvalue weighted by Crippen LogP contribution is 2.34. The van der Waals surface area contributed by atoms with Crippen molar-refractivity contribution in [3.05, 3.63) is 52.9 Å². The highest BCUT2D eigenvalue weighted by Gasteiger charge is 2.27. The van der Waals surface area contributed by atoms with Gasteiger partial charge in [-0.15, -0.1) is 0 Å². The van der Waals surface area contributed by atoms with Gasteiger partial charge in [0.1, 0.15) is 11.4 Å². The first-order chi connectivity index (χ1) is 12.1. The minimum Gasteiger partial charge on any atom is -0.359 e. The number of carbonyl (C=O) groups excluding carboxylic acids is 1. The lowest BCUT2D eigenvalue weighted by molar-refractivity contribution is -0.116. The number of carbonyl (C=O) groups is 1. The predicted molar refractivity (Wildman–Crippen MR) is 94.8 cm³/mol. The summed E-state index contributed by atoms with van der Waals surface area (Å²) >= 11 is 0. The Labute approximate surface area is 145 Å². The van der Waals surface area contributed by atoms with Crippen molar-refractivity contribution >= 4 is 17.7 Å². The molecular weight excluding hydrogens is 316 g/mol. The number of hydrazone groups is 1. The van der Waals surface area contributed by atoms with Gasteiger partial charge in [0.05, 0.1) is 11.8 Å². The average Bonchev–Trinajstić information content (AvgIpc) is 3.19. The number of fused-ring (bicyclic) bond motifs is 1. The monoisotopic (exact) mass is 336 g/mol. The van der Waals surface area contributed by atoms with Crippen molar-refractivity contribution in [2.75, 3.05) is 14.1 Å². The van der Waals surface area contributed by atoms with Crippen molar-refractivity contribution in [3.8, 4) is 0 Å². The number of nitrogens with one attached hydrogen (secondary N) is 2. The smallest absolute Gasteiger partial charge is 0.273 e. The average molecular weight is 336 g/mol. The fourth-order valence-electron chi connectivity index (χ4n) is 3.52. The summed E-state index contributed by atoms with van der Waals surface area (Å²) in [5, 5.41) is 4.11. The number of amides is 1. The van der Waals surface area contributed by atoms with Crippen LogP contribution in [0.1, 0.15) is 41.5 Å². The third-order valence-electron chi connectivity index (χ3n) is 4.72. The van der Waals surface area contributed by atoms with E-state index in [9.17, 15) is 4.79 Å². The molecule has 0 bridgehead atoms. The molecule has 1 atom stereocenters. The Hall–Kier alpha value is -2.80. The largest absolute Gasteiger partial charge is 0.359 e. The predicted octanol–water partition coefficient (Wildman–Crippen LogP) is 1.66. The fourth-order valence-corrected chi connectivity index (χ4v) is 3.52. The maximum atomic E-state index is 12.2. The van der Waals surface area contributed by atoms with E-state index >= 15 is 0 Å². The van der Waals surface area contributed by atoms with Crippen LogP contribution in [0.2, 0.25) is 0 Å². The van der Waals surface area contributed by atoms with Gasteiger partial charge in [-0.05, 0) is 51.1 Å². The Kier molecular flexibility index (Phi) is 3.93. The van der Waals surface area contributed by atoms with E-state index < -0.39 is 0 Å². The van der Waals surface area contributed by atoms with E-state index in [4.69, 9.17) is 0 Å². The number of hydrogen-bond acceptors (Lipinski definition) is 5. The first-order valence-corrected chi connectivity index (χ1v) is 8.38. The molecule has 0 aromatic carbocycles. The van der Waals surface area contributed by atoms with Crippen molar-refractivity contribution < 1.29 is 4.79 Å². The van der Waals surface area contributed by atoms with Crippen LogP contribution in [-0.2, 0) is 11.2 Å². The molecule has 7 nitrogen and oxygen atoms in total. The molecule has 0 fully saturated rings. The minimum atomic E-state index is -0.225. The lowest BCUT2D eigenvalue weighted by atomic mass is 9.92. The third-order valence-corrected chi connectivity index (χ3v) is 4.72. The van der Waals surface area contributed by atoms with Crippen molar-refractivity contribution in [2.45, 2.75) is 25.3 Å². The molecular formula is C18H20N6O. The molecule has 2 aliphatic rings. The summed E-state index contributed by atoms with van der Waals surface area (Å²) in [6.07, 6.45) is 10.0. The van der Waals surface area contributed by atoms with Gasteiger partial charge in [-0.1, -0.05) is 0 Å². The highest BCUT2D eigenvalue weighted by atomic mass is 16.2. The molecule has 3 heterocycles. The summed E-state index contributed by atoms with van der Waals surface area (Å²) in [6, 6.07) is 2.56. The SMILES string of the molecule is CN(C)C1CCCc2[nH]c(/C=C3\C(=O)NN=C3c3cnccn3)cc21. The molecule has 25 heavy (non-hydrogen) atoms. The number of rotatable bonds is 3. The molecule has 1 unspecified atom stereocenters. The number of nitrogens with zero attached hydrogens (tertiary/aromatic N) is 4. The second kappa shape index (κ2) is 6.25. The number of hydrogen-bond donors (Lipinski definition) is 2. The van der Waals surface area contributed by atoms with E-state index in [0.29, 0.717) is 23.0 Å². The minimum absolute atomic E-state index is 0.225. The Balaban J connectivity index is 1.71. The number of aromatic nitrogens is 3. The van der Waals surface area contributed by atoms with Crippen LogP contribution in [0.4, 0.5) is 0 Å². The summed E-state index contributed by atoms with van der Waals surface area (Å²) < 4.78 is 0. The second-order valence-electron chi connectivity index (χ2n) is 6.58. The van der Waals surface area contributed by atoms with E-state index in [-0.39, 0.29) is 5.91 Å². The molecule has 128 valence electrons. The van der Waals surface area contributed by atoms with Crippen LogP contribution in [0.25, 0.3) is 6.08 Å². The molecule has 2 aromatic heterocycles. The molecule has 1 aliphatic heterocycles. The zero-order chi connectivity index (χ0) is 17.4. The standard InChI is InChI=1S/C18H20N6O/c1-24(2)16-5-3-4-14-12(16)8-11(21-14)9-13-17(22-23-18(13)25)15-10-19-6-7-20-15/h6-10,16,21H,3-5H2,1-2H3,(H,23,25)/b13-9-. The normalized spacial score (nSPS) is 21.4. The van der Waals surface area contributed by atoms with Crippen LogP contribution in [0, 0.1) is 0 Å². The Morgan fingerprint density at radius 1 is 1.32 bits per heavy atom. The highest BCUT2D eigenvalue weighted by molar-refractivity contribution is 6.32. The quantitative estimate of drug-likeness (QED) is 0.835. The van der Waals surface area contributed by atoms with Crippen LogP contribution in [0.3, 0.4) is 0 Å². The third kappa shape index (κ3) is 2.87. The summed E-state index contributed by atoms with van der Waals surface area (Å²) in [5.74, 6) is -0.225. The van der Waals surface area contributed by atoms with Crippen molar-refractivity contribution in [2.24, 2.45) is 5.10 Å². The van der Waals surface area contributed by atoms with Crippen LogP contribution < -0.4 is 5.43 Å². The first kappa shape index (κ1) is 15.7. The van der Waals surface area contributed by atoms with E-state index in [2.05, 4.69) is 50.5 Å². The van der Waals surface area contributed by atoms with Crippen LogP contribution in [0.5, 0.6) is 0 Å². The molecule has 4 rings (SSSR count). The number of H-pyrrole nitrogens is 1. The van der Waals surface area contributed by atoms with Crippen LogP contribution in [0.15, 0.2) is 35.3 Å². The van der Waals surface area contributed by atoms with Gasteiger partial charge in [-0.2, -0.15) is 5.10 Å². The summed E-state index contributed by atoms with van der Waals surface area (Å²) in [5.41, 5.74) is 7.62. The molecule has 0 spiro atoms. The first-order valence-electron chi connectivity index (χ1n) is 8.38. The van der Waals surface area contributed by atoms with Gasteiger partial charge in [0, 0.05) is 29.8 Å². The zero-order valence-electron chi connectivity index (χ0n) is 14.3. The van der Waals surface area contributed by atoms with Gasteiger partial charge >= 0.3 is 0 Å². The molecule has 2 aromatic rings. The number of aromatic amines is 1. The Morgan fingerprint density at radius 3 is 2.96 bits per heavy atom. The summed E-state index contributed by atoms with van der Waals surface area (Å²) in [6.45, 7) is 0. The Morgan fingerprint density at radius 2 is 2.20 bits per heavy atom. The van der Waals surface area contributed by atoms with Gasteiger partial charge < -0.3 is 9.88 Å². The zero-order valence-corrected chi connectivity index (χ0v) is 14.3. The molecule has 1 amide bonds. The molecule has 0 radical (unpaired) electrons. The van der Waals surface area contributed by atoms with E-state index in [1.165, 1.54) is 17.7 Å². The Bertz CT molecular complexity index is 865. The van der Waals surface area contributed by atoms with Gasteiger partial charge in [0.2, 0.25) is 0 Å². The summed E-state index contributed by atoms with van der Waals surface area (Å²) in [7, 11) is 4.21. The maximum absolute atomic E-state index is 12.2. The van der Waals surface area contributed by atoms with E-state index in [1.807, 2.05) is 6.08 Å². The van der Waals surface area contributed by atoms with Crippen molar-refractivity contribution in [1.29, 1.82) is 0 Å². The van der Waals surface area contributed by atoms with Gasteiger partial charge in [0.15, 0.2) is 0 Å². The van der Waals surface area contributed by atoms with Crippen LogP contribution in [-0.4, -0.2) is 45.6 Å². The molecule has 1 aliphatic carbocycles. The maximum Gasteiger partial charge on any atom is 0.273 e. The van der Waals surface area contributed by atoms with E-state index in [0.717, 1.165) is 18.5 Å². The van der Waals surface area contributed by atoms with Gasteiger partial charge in [-0.25, -0.2) is 5.43 Å². The fraction of sp³-hybridized carbons (Fsp3) is 0.333. The van der Waals surface area contributed by atoms with Crippen molar-refractivity contribution in [1.82, 2.24) is 25.3 Å². The van der Waals surface area contributed by atoms with Gasteiger partial charge in [-0.3, -0.25) is 14.8 Å². The second-order valence-corrected chi connectivity index (χ2v) is 6.58. The lowest BCUT2D eigenvalue weighted by Gasteiger charge is -2.28. The van der Waals surface area contributed by atoms with E-state index in [1.54, 1.807) is 18.6 Å². The molecule has 0 saturated carbocycles. The number of aryl methyl sites for hydroxylation is 1. The summed E-state index contributed by atoms with van der Waals surface area (Å²) in [4.78, 5) is 26.2.